The van der Waals surface area contributed by atoms with Crippen LogP contribution in [0.4, 0.5) is 0 Å². The number of carbonyl (C=O) groups is 3. The lowest BCUT2D eigenvalue weighted by Crippen LogP contribution is -2.27. The maximum absolute atomic E-state index is 12.0. The summed E-state index contributed by atoms with van der Waals surface area (Å²) in [6.07, 6.45) is 5.61. The van der Waals surface area contributed by atoms with Gasteiger partial charge in [-0.05, 0) is 25.7 Å². The molecule has 42 heavy (non-hydrogen) atoms. The van der Waals surface area contributed by atoms with Crippen molar-refractivity contribution in [3.63, 3.8) is 0 Å². The van der Waals surface area contributed by atoms with Crippen LogP contribution >= 0.6 is 0 Å². The zero-order chi connectivity index (χ0) is 31.3. The van der Waals surface area contributed by atoms with E-state index in [2.05, 4.69) is 16.3 Å². The Kier molecular flexibility index (Phi) is 24.4. The zero-order valence-electron chi connectivity index (χ0n) is 24.7. The first-order valence-corrected chi connectivity index (χ1v) is 13.8. The Morgan fingerprint density at radius 1 is 0.810 bits per heavy atom. The molecule has 14 nitrogen and oxygen atoms in total. The van der Waals surface area contributed by atoms with Crippen molar-refractivity contribution >= 4 is 24.0 Å². The first-order valence-electron chi connectivity index (χ1n) is 13.8. The second kappa shape index (κ2) is 26.6. The average molecular weight is 601 g/mol. The van der Waals surface area contributed by atoms with E-state index < -0.39 is 23.9 Å². The Labute approximate surface area is 247 Å². The largest absolute Gasteiger partial charge is 0.464 e. The van der Waals surface area contributed by atoms with E-state index >= 15 is 0 Å². The predicted molar refractivity (Wildman–Crippen MR) is 147 cm³/mol. The van der Waals surface area contributed by atoms with E-state index in [1.165, 1.54) is 6.08 Å². The van der Waals surface area contributed by atoms with Crippen LogP contribution in [0.25, 0.3) is 0 Å². The molecule has 0 aliphatic carbocycles. The second-order valence-electron chi connectivity index (χ2n) is 9.53. The number of nitriles is 1. The number of unbranched alkanes of at least 4 members (excludes halogenated alkanes) is 1. The molecule has 0 bridgehead atoms. The first-order chi connectivity index (χ1) is 20.3. The molecule has 0 aliphatic heterocycles. The standard InChI is InChI=1S/C28H44N2O12/c1-4-25(32)40-18-16-35-12-14-37-20-28(2,3)21-38-15-13-36-17-19-41-26(33)9-7-11-42-27(34)24(30-23-31)8-5-6-10-39-22-29/h4,24H,1,5-21H2,2-3H3. The summed E-state index contributed by atoms with van der Waals surface area (Å²) in [7, 11) is 0. The van der Waals surface area contributed by atoms with Gasteiger partial charge in [-0.15, -0.1) is 0 Å². The highest BCUT2D eigenvalue weighted by atomic mass is 16.6. The van der Waals surface area contributed by atoms with E-state index in [-0.39, 0.29) is 64.3 Å². The quantitative estimate of drug-likeness (QED) is 0.0242. The molecular weight excluding hydrogens is 556 g/mol. The summed E-state index contributed by atoms with van der Waals surface area (Å²) < 4.78 is 41.5. The minimum atomic E-state index is -0.975. The number of carbonyl (C=O) groups excluding carboxylic acids is 4. The molecule has 0 amide bonds. The van der Waals surface area contributed by atoms with Gasteiger partial charge in [0.2, 0.25) is 6.08 Å². The van der Waals surface area contributed by atoms with Crippen molar-refractivity contribution in [3.05, 3.63) is 12.7 Å². The molecular formula is C28H44N2O12. The molecule has 0 aromatic heterocycles. The van der Waals surface area contributed by atoms with Gasteiger partial charge in [0.25, 0.3) is 6.26 Å². The number of rotatable bonds is 28. The molecule has 0 saturated carbocycles. The van der Waals surface area contributed by atoms with E-state index in [0.717, 1.165) is 6.08 Å². The summed E-state index contributed by atoms with van der Waals surface area (Å²) in [5.41, 5.74) is -0.208. The van der Waals surface area contributed by atoms with Gasteiger partial charge in [0, 0.05) is 17.9 Å². The van der Waals surface area contributed by atoms with Crippen LogP contribution in [-0.2, 0) is 57.1 Å². The van der Waals surface area contributed by atoms with Crippen LogP contribution in [0.15, 0.2) is 17.6 Å². The molecule has 1 unspecified atom stereocenters. The molecule has 0 rings (SSSR count). The molecule has 0 aliphatic rings. The fraction of sp³-hybridized carbons (Fsp3) is 0.750. The zero-order valence-corrected chi connectivity index (χ0v) is 24.7. The lowest BCUT2D eigenvalue weighted by atomic mass is 9.96. The van der Waals surface area contributed by atoms with Crippen LogP contribution in [0.3, 0.4) is 0 Å². The Hall–Kier alpha value is -3.34. The number of hydrogen-bond acceptors (Lipinski definition) is 14. The fourth-order valence-electron chi connectivity index (χ4n) is 3.07. The van der Waals surface area contributed by atoms with Crippen molar-refractivity contribution in [3.8, 4) is 6.26 Å². The van der Waals surface area contributed by atoms with Crippen molar-refractivity contribution in [2.75, 3.05) is 79.3 Å². The lowest BCUT2D eigenvalue weighted by molar-refractivity contribution is -0.149. The highest BCUT2D eigenvalue weighted by Crippen LogP contribution is 2.15. The van der Waals surface area contributed by atoms with E-state index in [1.807, 2.05) is 13.8 Å². The minimum Gasteiger partial charge on any atom is -0.464 e. The van der Waals surface area contributed by atoms with E-state index in [9.17, 15) is 19.2 Å². The minimum absolute atomic E-state index is 0.0195. The van der Waals surface area contributed by atoms with E-state index in [1.54, 1.807) is 6.26 Å². The van der Waals surface area contributed by atoms with E-state index in [4.69, 9.17) is 38.4 Å². The van der Waals surface area contributed by atoms with Crippen LogP contribution < -0.4 is 0 Å². The molecule has 0 aromatic rings. The number of esters is 3. The van der Waals surface area contributed by atoms with Gasteiger partial charge in [0.15, 0.2) is 6.04 Å². The predicted octanol–water partition coefficient (Wildman–Crippen LogP) is 2.05. The summed E-state index contributed by atoms with van der Waals surface area (Å²) in [4.78, 5) is 48.8. The molecule has 0 heterocycles. The molecule has 0 aromatic carbocycles. The van der Waals surface area contributed by atoms with Crippen molar-refractivity contribution < 1.29 is 57.1 Å². The van der Waals surface area contributed by atoms with Crippen LogP contribution in [-0.4, -0.2) is 109 Å². The maximum Gasteiger partial charge on any atom is 0.331 e. The molecule has 0 saturated heterocycles. The van der Waals surface area contributed by atoms with Gasteiger partial charge in [-0.25, -0.2) is 14.4 Å². The molecule has 238 valence electrons. The molecule has 0 fully saturated rings. The summed E-state index contributed by atoms with van der Waals surface area (Å²) in [5, 5.41) is 8.31. The Morgan fingerprint density at radius 3 is 2.00 bits per heavy atom. The normalized spacial score (nSPS) is 11.5. The SMILES string of the molecule is C=CC(=O)OCCOCCOCC(C)(C)COCCOCCOC(=O)CCCOC(=O)C(CCCCOC#N)N=C=O. The van der Waals surface area contributed by atoms with Crippen LogP contribution in [0.5, 0.6) is 0 Å². The third-order valence-electron chi connectivity index (χ3n) is 5.15. The average Bonchev–Trinajstić information content (AvgIpc) is 2.96. The van der Waals surface area contributed by atoms with Crippen molar-refractivity contribution in [1.82, 2.24) is 0 Å². The van der Waals surface area contributed by atoms with Crippen LogP contribution in [0.1, 0.15) is 46.0 Å². The molecule has 1 atom stereocenters. The molecule has 0 spiro atoms. The van der Waals surface area contributed by atoms with Gasteiger partial charge >= 0.3 is 17.9 Å². The highest BCUT2D eigenvalue weighted by molar-refractivity contribution is 5.81. The number of ether oxygens (including phenoxy) is 8. The van der Waals surface area contributed by atoms with E-state index in [0.29, 0.717) is 52.5 Å². The number of aliphatic imine (C=N–C) groups is 1. The summed E-state index contributed by atoms with van der Waals surface area (Å²) in [6, 6.07) is -0.975. The summed E-state index contributed by atoms with van der Waals surface area (Å²) in [6.45, 7) is 10.7. The molecule has 0 N–H and O–H groups in total. The van der Waals surface area contributed by atoms with Crippen LogP contribution in [0, 0.1) is 16.9 Å². The number of isocyanates is 1. The monoisotopic (exact) mass is 600 g/mol. The smallest absolute Gasteiger partial charge is 0.331 e. The maximum atomic E-state index is 12.0. The third-order valence-corrected chi connectivity index (χ3v) is 5.15. The van der Waals surface area contributed by atoms with Gasteiger partial charge in [-0.3, -0.25) is 4.79 Å². The van der Waals surface area contributed by atoms with Crippen LogP contribution in [0.2, 0.25) is 0 Å². The van der Waals surface area contributed by atoms with Gasteiger partial charge in [0.05, 0.1) is 59.5 Å². The number of hydrogen-bond donors (Lipinski definition) is 0. The van der Waals surface area contributed by atoms with Gasteiger partial charge < -0.3 is 37.9 Å². The summed E-state index contributed by atoms with van der Waals surface area (Å²) in [5.74, 6) is -1.61. The Bertz CT molecular complexity index is 852. The van der Waals surface area contributed by atoms with Gasteiger partial charge in [-0.1, -0.05) is 20.4 Å². The third kappa shape index (κ3) is 24.5. The van der Waals surface area contributed by atoms with Crippen molar-refractivity contribution in [2.45, 2.75) is 52.0 Å². The van der Waals surface area contributed by atoms with Crippen molar-refractivity contribution in [2.24, 2.45) is 10.4 Å². The van der Waals surface area contributed by atoms with Crippen molar-refractivity contribution in [1.29, 1.82) is 5.26 Å². The van der Waals surface area contributed by atoms with Gasteiger partial charge in [-0.2, -0.15) is 10.3 Å². The molecule has 0 radical (unpaired) electrons. The first kappa shape index (κ1) is 38.7. The Balaban J connectivity index is 3.71. The van der Waals surface area contributed by atoms with Gasteiger partial charge in [0.1, 0.15) is 19.8 Å². The molecule has 14 heteroatoms. The Morgan fingerprint density at radius 2 is 1.40 bits per heavy atom. The second-order valence-corrected chi connectivity index (χ2v) is 9.53. The fourth-order valence-corrected chi connectivity index (χ4v) is 3.07. The number of nitrogens with zero attached hydrogens (tertiary/aromatic N) is 2. The topological polar surface area (TPSA) is 178 Å². The lowest BCUT2D eigenvalue weighted by Gasteiger charge is -2.24. The summed E-state index contributed by atoms with van der Waals surface area (Å²) >= 11 is 0. The highest BCUT2D eigenvalue weighted by Gasteiger charge is 2.20.